The van der Waals surface area contributed by atoms with Gasteiger partial charge in [0.2, 0.25) is 5.88 Å². The number of hydrogen-bond donors (Lipinski definition) is 1. The normalized spacial score (nSPS) is 13.8. The second-order valence-corrected chi connectivity index (χ2v) is 9.87. The molecule has 2 aromatic heterocycles. The molecular formula is C28H27ClF3N3O2. The van der Waals surface area contributed by atoms with Crippen molar-refractivity contribution in [1.82, 2.24) is 14.9 Å². The molecule has 0 aliphatic heterocycles. The first-order chi connectivity index (χ1) is 17.4. The fourth-order valence-electron chi connectivity index (χ4n) is 4.16. The van der Waals surface area contributed by atoms with Gasteiger partial charge in [0.1, 0.15) is 0 Å². The van der Waals surface area contributed by atoms with Gasteiger partial charge in [-0.3, -0.25) is 4.79 Å². The van der Waals surface area contributed by atoms with E-state index in [0.717, 1.165) is 28.6 Å². The predicted octanol–water partition coefficient (Wildman–Crippen LogP) is 6.85. The zero-order chi connectivity index (χ0) is 26.8. The van der Waals surface area contributed by atoms with E-state index in [-0.39, 0.29) is 18.0 Å². The lowest BCUT2D eigenvalue weighted by atomic mass is 9.98. The fourth-order valence-corrected chi connectivity index (χ4v) is 4.29. The first-order valence-corrected chi connectivity index (χ1v) is 12.1. The average molecular weight is 530 g/mol. The number of fused-ring (bicyclic) bond motifs is 1. The maximum absolute atomic E-state index is 13.3. The number of nitrogens with one attached hydrogen (secondary N) is 1. The highest BCUT2D eigenvalue weighted by Crippen LogP contribution is 2.30. The number of rotatable bonds is 8. The van der Waals surface area contributed by atoms with Crippen LogP contribution in [0.15, 0.2) is 79.1 Å². The van der Waals surface area contributed by atoms with Gasteiger partial charge in [-0.25, -0.2) is 4.98 Å². The highest BCUT2D eigenvalue weighted by atomic mass is 35.5. The van der Waals surface area contributed by atoms with Crippen LogP contribution in [-0.2, 0) is 17.4 Å². The summed E-state index contributed by atoms with van der Waals surface area (Å²) in [5.41, 5.74) is -0.186. The van der Waals surface area contributed by atoms with E-state index in [1.165, 1.54) is 0 Å². The van der Waals surface area contributed by atoms with Crippen LogP contribution in [0.5, 0.6) is 5.88 Å². The molecule has 194 valence electrons. The summed E-state index contributed by atoms with van der Waals surface area (Å²) < 4.78 is 46.4. The number of aromatic nitrogens is 2. The Morgan fingerprint density at radius 2 is 1.76 bits per heavy atom. The number of benzene rings is 2. The quantitative estimate of drug-likeness (QED) is 0.271. The topological polar surface area (TPSA) is 56.1 Å². The Bertz CT molecular complexity index is 1370. The standard InChI is InChI=1S/C28H27ClF3N3O2/c1-18(34-26(36)27(2,3)37-25-13-10-21(17-33-25)28(30,31)32)24(16-19-8-11-22(29)12-9-19)35-15-14-20-6-4-5-7-23(20)35/h4-15,17-18,24H,16H2,1-3H3,(H,34,36). The summed E-state index contributed by atoms with van der Waals surface area (Å²) >= 11 is 6.07. The number of amides is 1. The molecule has 5 nitrogen and oxygen atoms in total. The van der Waals surface area contributed by atoms with E-state index in [0.29, 0.717) is 17.6 Å². The summed E-state index contributed by atoms with van der Waals surface area (Å²) in [7, 11) is 0. The van der Waals surface area contributed by atoms with Gasteiger partial charge in [0, 0.05) is 35.0 Å². The molecule has 37 heavy (non-hydrogen) atoms. The summed E-state index contributed by atoms with van der Waals surface area (Å²) in [6, 6.07) is 19.1. The number of alkyl halides is 3. The Kier molecular flexibility index (Phi) is 7.50. The lowest BCUT2D eigenvalue weighted by Crippen LogP contribution is -2.51. The summed E-state index contributed by atoms with van der Waals surface area (Å²) in [4.78, 5) is 17.0. The third-order valence-electron chi connectivity index (χ3n) is 6.25. The van der Waals surface area contributed by atoms with Gasteiger partial charge in [-0.05, 0) is 68.5 Å². The van der Waals surface area contributed by atoms with Gasteiger partial charge in [-0.1, -0.05) is 41.9 Å². The molecule has 4 aromatic rings. The minimum atomic E-state index is -4.50. The molecule has 0 saturated carbocycles. The Hall–Kier alpha value is -3.52. The Labute approximate surface area is 218 Å². The van der Waals surface area contributed by atoms with Crippen LogP contribution in [0.25, 0.3) is 10.9 Å². The van der Waals surface area contributed by atoms with Crippen LogP contribution >= 0.6 is 11.6 Å². The van der Waals surface area contributed by atoms with Crippen molar-refractivity contribution < 1.29 is 22.7 Å². The first-order valence-electron chi connectivity index (χ1n) is 11.8. The molecule has 0 spiro atoms. The highest BCUT2D eigenvalue weighted by molar-refractivity contribution is 6.30. The molecule has 1 amide bonds. The average Bonchev–Trinajstić information content (AvgIpc) is 3.27. The van der Waals surface area contributed by atoms with Crippen molar-refractivity contribution in [1.29, 1.82) is 0 Å². The third-order valence-corrected chi connectivity index (χ3v) is 6.50. The molecule has 4 rings (SSSR count). The molecule has 2 unspecified atom stereocenters. The number of carbonyl (C=O) groups is 1. The molecular weight excluding hydrogens is 503 g/mol. The number of nitrogens with zero attached hydrogens (tertiary/aromatic N) is 2. The van der Waals surface area contributed by atoms with Gasteiger partial charge in [0.05, 0.1) is 11.6 Å². The van der Waals surface area contributed by atoms with Crippen molar-refractivity contribution in [3.63, 3.8) is 0 Å². The summed E-state index contributed by atoms with van der Waals surface area (Å²) in [6.07, 6.45) is -1.19. The van der Waals surface area contributed by atoms with Crippen LogP contribution in [0, 0.1) is 0 Å². The maximum Gasteiger partial charge on any atom is 0.417 e. The van der Waals surface area contributed by atoms with Crippen molar-refractivity contribution in [2.75, 3.05) is 0 Å². The van der Waals surface area contributed by atoms with E-state index in [9.17, 15) is 18.0 Å². The van der Waals surface area contributed by atoms with Crippen molar-refractivity contribution in [2.45, 2.75) is 51.1 Å². The van der Waals surface area contributed by atoms with E-state index in [4.69, 9.17) is 16.3 Å². The lowest BCUT2D eigenvalue weighted by molar-refractivity contribution is -0.138. The van der Waals surface area contributed by atoms with Crippen LogP contribution in [0.1, 0.15) is 37.9 Å². The van der Waals surface area contributed by atoms with Crippen LogP contribution in [0.3, 0.4) is 0 Å². The third kappa shape index (κ3) is 6.25. The minimum Gasteiger partial charge on any atom is -0.462 e. The van der Waals surface area contributed by atoms with Gasteiger partial charge in [0.15, 0.2) is 5.60 Å². The predicted molar refractivity (Wildman–Crippen MR) is 138 cm³/mol. The zero-order valence-corrected chi connectivity index (χ0v) is 21.3. The van der Waals surface area contributed by atoms with Crippen LogP contribution in [-0.4, -0.2) is 27.1 Å². The SMILES string of the molecule is CC(NC(=O)C(C)(C)Oc1ccc(C(F)(F)F)cn1)C(Cc1ccc(Cl)cc1)n1ccc2ccccc21. The molecule has 0 aliphatic carbocycles. The molecule has 0 aliphatic rings. The van der Waals surface area contributed by atoms with Crippen LogP contribution in [0.2, 0.25) is 5.02 Å². The Balaban J connectivity index is 1.55. The Morgan fingerprint density at radius 3 is 2.41 bits per heavy atom. The number of halogens is 4. The van der Waals surface area contributed by atoms with Crippen molar-refractivity contribution in [3.05, 3.63) is 95.3 Å². The monoisotopic (exact) mass is 529 g/mol. The minimum absolute atomic E-state index is 0.0741. The van der Waals surface area contributed by atoms with Gasteiger partial charge in [0.25, 0.3) is 5.91 Å². The van der Waals surface area contributed by atoms with Crippen molar-refractivity contribution in [3.8, 4) is 5.88 Å². The number of ether oxygens (including phenoxy) is 1. The largest absolute Gasteiger partial charge is 0.462 e. The summed E-state index contributed by atoms with van der Waals surface area (Å²) in [5.74, 6) is -0.491. The second-order valence-electron chi connectivity index (χ2n) is 9.44. The van der Waals surface area contributed by atoms with E-state index < -0.39 is 23.2 Å². The number of carbonyl (C=O) groups excluding carboxylic acids is 1. The van der Waals surface area contributed by atoms with E-state index in [1.807, 2.05) is 67.7 Å². The van der Waals surface area contributed by atoms with Crippen molar-refractivity contribution >= 4 is 28.4 Å². The van der Waals surface area contributed by atoms with Crippen molar-refractivity contribution in [2.24, 2.45) is 0 Å². The second kappa shape index (κ2) is 10.5. The molecule has 2 aromatic carbocycles. The smallest absolute Gasteiger partial charge is 0.417 e. The molecule has 9 heteroatoms. The molecule has 2 atom stereocenters. The molecule has 0 fully saturated rings. The maximum atomic E-state index is 13.3. The number of para-hydroxylation sites is 1. The Morgan fingerprint density at radius 1 is 1.05 bits per heavy atom. The van der Waals surface area contributed by atoms with Gasteiger partial charge in [-0.2, -0.15) is 13.2 Å². The van der Waals surface area contributed by atoms with Gasteiger partial charge < -0.3 is 14.6 Å². The molecule has 2 heterocycles. The number of pyridine rings is 1. The van der Waals surface area contributed by atoms with E-state index in [1.54, 1.807) is 13.8 Å². The van der Waals surface area contributed by atoms with Crippen LogP contribution < -0.4 is 10.1 Å². The van der Waals surface area contributed by atoms with Gasteiger partial charge in [-0.15, -0.1) is 0 Å². The fraction of sp³-hybridized carbons (Fsp3) is 0.286. The zero-order valence-electron chi connectivity index (χ0n) is 20.6. The molecule has 1 N–H and O–H groups in total. The highest BCUT2D eigenvalue weighted by Gasteiger charge is 2.35. The lowest BCUT2D eigenvalue weighted by Gasteiger charge is -2.31. The first kappa shape index (κ1) is 26.5. The van der Waals surface area contributed by atoms with E-state index >= 15 is 0 Å². The summed E-state index contributed by atoms with van der Waals surface area (Å²) in [6.45, 7) is 5.01. The molecule has 0 radical (unpaired) electrons. The molecule has 0 saturated heterocycles. The van der Waals surface area contributed by atoms with Gasteiger partial charge >= 0.3 is 6.18 Å². The molecule has 0 bridgehead atoms. The van der Waals surface area contributed by atoms with E-state index in [2.05, 4.69) is 14.9 Å². The number of hydrogen-bond acceptors (Lipinski definition) is 3. The summed E-state index contributed by atoms with van der Waals surface area (Å²) in [5, 5.41) is 4.77. The van der Waals surface area contributed by atoms with Crippen LogP contribution in [0.4, 0.5) is 13.2 Å².